The summed E-state index contributed by atoms with van der Waals surface area (Å²) in [6.07, 6.45) is 1.26. The van der Waals surface area contributed by atoms with Crippen molar-refractivity contribution >= 4 is 27.3 Å². The highest BCUT2D eigenvalue weighted by molar-refractivity contribution is 7.92. The number of ether oxygens (including phenoxy) is 1. The zero-order valence-electron chi connectivity index (χ0n) is 15.5. The number of nitrogens with one attached hydrogen (secondary N) is 1. The van der Waals surface area contributed by atoms with Gasteiger partial charge in [0, 0.05) is 5.69 Å². The summed E-state index contributed by atoms with van der Waals surface area (Å²) in [4.78, 5) is 12.8. The molecule has 6 nitrogen and oxygen atoms in total. The zero-order chi connectivity index (χ0) is 20.0. The lowest BCUT2D eigenvalue weighted by Gasteiger charge is -2.30. The van der Waals surface area contributed by atoms with E-state index in [0.29, 0.717) is 18.0 Å². The van der Waals surface area contributed by atoms with Gasteiger partial charge in [0.2, 0.25) is 15.9 Å². The van der Waals surface area contributed by atoms with Gasteiger partial charge >= 0.3 is 0 Å². The number of nitrogens with zero attached hydrogens (tertiary/aromatic N) is 1. The molecule has 0 aliphatic heterocycles. The highest BCUT2D eigenvalue weighted by Gasteiger charge is 2.31. The van der Waals surface area contributed by atoms with Gasteiger partial charge in [-0.3, -0.25) is 9.10 Å². The largest absolute Gasteiger partial charge is 0.494 e. The Morgan fingerprint density at radius 1 is 1.11 bits per heavy atom. The number of sulfonamides is 1. The zero-order valence-corrected chi connectivity index (χ0v) is 16.3. The van der Waals surface area contributed by atoms with E-state index in [9.17, 15) is 17.6 Å². The molecule has 0 saturated carbocycles. The first kappa shape index (κ1) is 20.7. The van der Waals surface area contributed by atoms with E-state index >= 15 is 0 Å². The van der Waals surface area contributed by atoms with Gasteiger partial charge in [0.1, 0.15) is 17.6 Å². The van der Waals surface area contributed by atoms with E-state index in [0.717, 1.165) is 22.7 Å². The van der Waals surface area contributed by atoms with E-state index in [4.69, 9.17) is 4.74 Å². The number of hydrogen-bond acceptors (Lipinski definition) is 4. The molecule has 2 aromatic carbocycles. The molecule has 1 unspecified atom stereocenters. The van der Waals surface area contributed by atoms with Crippen molar-refractivity contribution in [1.29, 1.82) is 0 Å². The van der Waals surface area contributed by atoms with E-state index in [1.54, 1.807) is 31.2 Å². The topological polar surface area (TPSA) is 75.7 Å². The fraction of sp³-hybridized carbons (Fsp3) is 0.316. The molecular formula is C19H23FN2O4S. The molecule has 1 amide bonds. The number of rotatable bonds is 8. The number of carbonyl (C=O) groups is 1. The van der Waals surface area contributed by atoms with Crippen LogP contribution >= 0.6 is 0 Å². The molecule has 1 N–H and O–H groups in total. The van der Waals surface area contributed by atoms with E-state index in [2.05, 4.69) is 5.32 Å². The second kappa shape index (κ2) is 8.85. The minimum absolute atomic E-state index is 0.229. The Morgan fingerprint density at radius 2 is 1.70 bits per heavy atom. The highest BCUT2D eigenvalue weighted by atomic mass is 32.2. The molecule has 27 heavy (non-hydrogen) atoms. The second-order valence-corrected chi connectivity index (χ2v) is 7.77. The molecule has 0 bridgehead atoms. The van der Waals surface area contributed by atoms with Crippen LogP contribution in [0, 0.1) is 5.82 Å². The van der Waals surface area contributed by atoms with Crippen LogP contribution < -0.4 is 14.4 Å². The van der Waals surface area contributed by atoms with Gasteiger partial charge in [-0.1, -0.05) is 6.92 Å². The van der Waals surface area contributed by atoms with E-state index < -0.39 is 27.8 Å². The van der Waals surface area contributed by atoms with Crippen LogP contribution in [0.4, 0.5) is 15.8 Å². The minimum atomic E-state index is -3.76. The smallest absolute Gasteiger partial charge is 0.248 e. The minimum Gasteiger partial charge on any atom is -0.494 e. The summed E-state index contributed by atoms with van der Waals surface area (Å²) in [7, 11) is -3.76. The average molecular weight is 394 g/mol. The van der Waals surface area contributed by atoms with Gasteiger partial charge in [0.25, 0.3) is 0 Å². The summed E-state index contributed by atoms with van der Waals surface area (Å²) in [6.45, 7) is 4.12. The first-order valence-electron chi connectivity index (χ1n) is 8.55. The maximum Gasteiger partial charge on any atom is 0.248 e. The Labute approximate surface area is 159 Å². The fourth-order valence-electron chi connectivity index (χ4n) is 2.68. The number of hydrogen-bond donors (Lipinski definition) is 1. The van der Waals surface area contributed by atoms with Gasteiger partial charge in [-0.2, -0.15) is 0 Å². The molecule has 0 aromatic heterocycles. The standard InChI is InChI=1S/C19H23FN2O4S/c1-4-18(19(23)21-15-8-12-17(13-9-15)26-5-2)22(27(3,24)25)16-10-6-14(20)7-11-16/h6-13,18H,4-5H2,1-3H3,(H,21,23). The van der Waals surface area contributed by atoms with Gasteiger partial charge in [-0.25, -0.2) is 12.8 Å². The molecule has 0 radical (unpaired) electrons. The summed E-state index contributed by atoms with van der Waals surface area (Å²) in [5.74, 6) is -0.290. The number of anilines is 2. The second-order valence-electron chi connectivity index (χ2n) is 5.91. The Kier molecular flexibility index (Phi) is 6.79. The van der Waals surface area contributed by atoms with Crippen LogP contribution in [-0.4, -0.2) is 33.2 Å². The van der Waals surface area contributed by atoms with E-state index in [1.165, 1.54) is 12.1 Å². The van der Waals surface area contributed by atoms with Crippen molar-refractivity contribution in [3.8, 4) is 5.75 Å². The number of benzene rings is 2. The third-order valence-corrected chi connectivity index (χ3v) is 5.02. The lowest BCUT2D eigenvalue weighted by molar-refractivity contribution is -0.117. The van der Waals surface area contributed by atoms with Crippen LogP contribution in [0.3, 0.4) is 0 Å². The highest BCUT2D eigenvalue weighted by Crippen LogP contribution is 2.24. The molecular weight excluding hydrogens is 371 g/mol. The summed E-state index contributed by atoms with van der Waals surface area (Å²) < 4.78 is 44.2. The van der Waals surface area contributed by atoms with Gasteiger partial charge in [-0.15, -0.1) is 0 Å². The fourth-order valence-corrected chi connectivity index (χ4v) is 3.89. The van der Waals surface area contributed by atoms with Crippen molar-refractivity contribution < 1.29 is 22.3 Å². The lowest BCUT2D eigenvalue weighted by atomic mass is 10.1. The van der Waals surface area contributed by atoms with Crippen LogP contribution in [0.25, 0.3) is 0 Å². The summed E-state index contributed by atoms with van der Waals surface area (Å²) in [5.41, 5.74) is 0.752. The van der Waals surface area contributed by atoms with Crippen LogP contribution in [0.1, 0.15) is 20.3 Å². The van der Waals surface area contributed by atoms with E-state index in [1.807, 2.05) is 6.92 Å². The van der Waals surface area contributed by atoms with Crippen molar-refractivity contribution in [2.45, 2.75) is 26.3 Å². The average Bonchev–Trinajstić information content (AvgIpc) is 2.61. The Morgan fingerprint density at radius 3 is 2.19 bits per heavy atom. The Hall–Kier alpha value is -2.61. The number of amides is 1. The molecule has 0 spiro atoms. The first-order chi connectivity index (χ1) is 12.8. The van der Waals surface area contributed by atoms with Crippen LogP contribution in [-0.2, 0) is 14.8 Å². The molecule has 1 atom stereocenters. The third kappa shape index (κ3) is 5.43. The monoisotopic (exact) mass is 394 g/mol. The maximum atomic E-state index is 13.2. The van der Waals surface area contributed by atoms with Crippen LogP contribution in [0.2, 0.25) is 0 Å². The van der Waals surface area contributed by atoms with E-state index in [-0.39, 0.29) is 12.1 Å². The van der Waals surface area contributed by atoms with Gasteiger partial charge in [-0.05, 0) is 61.9 Å². The van der Waals surface area contributed by atoms with Crippen LogP contribution in [0.5, 0.6) is 5.75 Å². The molecule has 0 heterocycles. The Bertz CT molecular complexity index is 868. The van der Waals surface area contributed by atoms with Gasteiger partial charge in [0.15, 0.2) is 0 Å². The van der Waals surface area contributed by atoms with Crippen molar-refractivity contribution in [1.82, 2.24) is 0 Å². The number of halogens is 1. The maximum absolute atomic E-state index is 13.2. The lowest BCUT2D eigenvalue weighted by Crippen LogP contribution is -2.47. The molecule has 0 saturated heterocycles. The SMILES string of the molecule is CCOc1ccc(NC(=O)C(CC)N(c2ccc(F)cc2)S(C)(=O)=O)cc1. The summed E-state index contributed by atoms with van der Waals surface area (Å²) in [5, 5.41) is 2.72. The molecule has 0 aliphatic rings. The molecule has 2 aromatic rings. The summed E-state index contributed by atoms with van der Waals surface area (Å²) in [6, 6.07) is 10.8. The van der Waals surface area contributed by atoms with Gasteiger partial charge in [0.05, 0.1) is 18.6 Å². The first-order valence-corrected chi connectivity index (χ1v) is 10.4. The van der Waals surface area contributed by atoms with Crippen molar-refractivity contribution in [3.63, 3.8) is 0 Å². The molecule has 8 heteroatoms. The van der Waals surface area contributed by atoms with Crippen molar-refractivity contribution in [2.24, 2.45) is 0 Å². The molecule has 0 fully saturated rings. The van der Waals surface area contributed by atoms with Crippen molar-refractivity contribution in [2.75, 3.05) is 22.5 Å². The number of carbonyl (C=O) groups excluding carboxylic acids is 1. The van der Waals surface area contributed by atoms with Crippen LogP contribution in [0.15, 0.2) is 48.5 Å². The molecule has 2 rings (SSSR count). The summed E-state index contributed by atoms with van der Waals surface area (Å²) >= 11 is 0. The predicted molar refractivity (Wildman–Crippen MR) is 104 cm³/mol. The predicted octanol–water partition coefficient (Wildman–Crippen LogP) is 3.41. The quantitative estimate of drug-likeness (QED) is 0.745. The normalized spacial score (nSPS) is 12.3. The Balaban J connectivity index is 2.27. The third-order valence-electron chi connectivity index (χ3n) is 3.84. The van der Waals surface area contributed by atoms with Crippen molar-refractivity contribution in [3.05, 3.63) is 54.3 Å². The van der Waals surface area contributed by atoms with Gasteiger partial charge < -0.3 is 10.1 Å². The molecule has 146 valence electrons. The molecule has 0 aliphatic carbocycles.